The van der Waals surface area contributed by atoms with E-state index in [1.54, 1.807) is 0 Å². The molecule has 1 aromatic rings. The summed E-state index contributed by atoms with van der Waals surface area (Å²) in [6, 6.07) is 0.666. The smallest absolute Gasteiger partial charge is 0.243 e. The number of anilines is 1. The van der Waals surface area contributed by atoms with Crippen molar-refractivity contribution in [1.29, 1.82) is 0 Å². The zero-order valence-corrected chi connectivity index (χ0v) is 10.8. The van der Waals surface area contributed by atoms with E-state index >= 15 is 0 Å². The Labute approximate surface area is 108 Å². The van der Waals surface area contributed by atoms with Gasteiger partial charge in [0, 0.05) is 12.5 Å². The number of halogens is 2. The number of nitrogens with two attached hydrogens (primary N) is 2. The summed E-state index contributed by atoms with van der Waals surface area (Å²) in [7, 11) is -4.25. The molecular formula is C10H13F2N3O3S. The topological polar surface area (TPSA) is 115 Å². The summed E-state index contributed by atoms with van der Waals surface area (Å²) in [6.45, 7) is 1.38. The lowest BCUT2D eigenvalue weighted by Gasteiger charge is -2.13. The molecular weight excluding hydrogens is 280 g/mol. The van der Waals surface area contributed by atoms with E-state index < -0.39 is 44.2 Å². The molecule has 0 radical (unpaired) electrons. The Morgan fingerprint density at radius 2 is 2.00 bits per heavy atom. The van der Waals surface area contributed by atoms with E-state index in [1.165, 1.54) is 6.92 Å². The van der Waals surface area contributed by atoms with E-state index in [0.29, 0.717) is 0 Å². The summed E-state index contributed by atoms with van der Waals surface area (Å²) in [6.07, 6.45) is -0.252. The minimum absolute atomic E-state index is 0.252. The van der Waals surface area contributed by atoms with Crippen molar-refractivity contribution in [2.75, 3.05) is 5.73 Å². The maximum atomic E-state index is 13.6. The predicted octanol–water partition coefficient (Wildman–Crippen LogP) is 0.0892. The van der Waals surface area contributed by atoms with Crippen molar-refractivity contribution in [1.82, 2.24) is 4.72 Å². The van der Waals surface area contributed by atoms with Gasteiger partial charge in [0.05, 0.1) is 0 Å². The van der Waals surface area contributed by atoms with Gasteiger partial charge in [0.2, 0.25) is 15.9 Å². The zero-order chi connectivity index (χ0) is 14.8. The number of nitrogens with one attached hydrogen (secondary N) is 1. The Hall–Kier alpha value is -1.74. The average molecular weight is 293 g/mol. The molecule has 106 valence electrons. The first-order chi connectivity index (χ1) is 8.65. The van der Waals surface area contributed by atoms with Gasteiger partial charge in [-0.05, 0) is 19.1 Å². The molecule has 19 heavy (non-hydrogen) atoms. The number of primary amides is 1. The van der Waals surface area contributed by atoms with E-state index in [4.69, 9.17) is 11.5 Å². The van der Waals surface area contributed by atoms with Crippen LogP contribution in [0, 0.1) is 11.6 Å². The minimum atomic E-state index is -4.25. The van der Waals surface area contributed by atoms with Gasteiger partial charge in [-0.15, -0.1) is 0 Å². The summed E-state index contributed by atoms with van der Waals surface area (Å²) in [4.78, 5) is 9.85. The van der Waals surface area contributed by atoms with Crippen LogP contribution in [0.2, 0.25) is 0 Å². The van der Waals surface area contributed by atoms with Gasteiger partial charge in [0.1, 0.15) is 16.4 Å². The Kier molecular flexibility index (Phi) is 4.43. The molecule has 5 N–H and O–H groups in total. The number of amides is 1. The first-order valence-corrected chi connectivity index (χ1v) is 6.67. The van der Waals surface area contributed by atoms with Gasteiger partial charge >= 0.3 is 0 Å². The fourth-order valence-corrected chi connectivity index (χ4v) is 2.76. The van der Waals surface area contributed by atoms with Crippen molar-refractivity contribution in [2.24, 2.45) is 5.73 Å². The number of carbonyl (C=O) groups excluding carboxylic acids is 1. The molecule has 6 nitrogen and oxygen atoms in total. The molecule has 0 aliphatic carbocycles. The molecule has 0 aromatic heterocycles. The lowest BCUT2D eigenvalue weighted by Crippen LogP contribution is -2.36. The standard InChI is InChI=1S/C10H13F2N3O3S/c1-5(4-8(13)16)15-19(17,18)7-3-2-6(11)10(14)9(7)12/h2-3,5,15H,4,14H2,1H3,(H2,13,16). The number of rotatable bonds is 5. The monoisotopic (exact) mass is 293 g/mol. The van der Waals surface area contributed by atoms with E-state index in [2.05, 4.69) is 0 Å². The first-order valence-electron chi connectivity index (χ1n) is 5.19. The Bertz CT molecular complexity index is 604. The number of carbonyl (C=O) groups is 1. The van der Waals surface area contributed by atoms with Crippen LogP contribution in [0.3, 0.4) is 0 Å². The van der Waals surface area contributed by atoms with Crippen LogP contribution in [0.15, 0.2) is 17.0 Å². The van der Waals surface area contributed by atoms with Crippen molar-refractivity contribution < 1.29 is 22.0 Å². The summed E-state index contributed by atoms with van der Waals surface area (Å²) in [5.74, 6) is -3.14. The molecule has 0 heterocycles. The third-order valence-electron chi connectivity index (χ3n) is 2.24. The van der Waals surface area contributed by atoms with Crippen molar-refractivity contribution in [3.63, 3.8) is 0 Å². The van der Waals surface area contributed by atoms with Crippen molar-refractivity contribution in [3.05, 3.63) is 23.8 Å². The fraction of sp³-hybridized carbons (Fsp3) is 0.300. The van der Waals surface area contributed by atoms with Crippen LogP contribution in [-0.4, -0.2) is 20.4 Å². The van der Waals surface area contributed by atoms with E-state index in [0.717, 1.165) is 12.1 Å². The number of nitrogen functional groups attached to an aromatic ring is 1. The largest absolute Gasteiger partial charge is 0.394 e. The third-order valence-corrected chi connectivity index (χ3v) is 3.85. The molecule has 0 aliphatic heterocycles. The third kappa shape index (κ3) is 3.61. The van der Waals surface area contributed by atoms with Gasteiger partial charge in [-0.1, -0.05) is 0 Å². The van der Waals surface area contributed by atoms with Crippen LogP contribution >= 0.6 is 0 Å². The van der Waals surface area contributed by atoms with Crippen molar-refractivity contribution in [3.8, 4) is 0 Å². The lowest BCUT2D eigenvalue weighted by molar-refractivity contribution is -0.118. The van der Waals surface area contributed by atoms with Gasteiger partial charge in [-0.25, -0.2) is 21.9 Å². The molecule has 1 atom stereocenters. The minimum Gasteiger partial charge on any atom is -0.394 e. The van der Waals surface area contributed by atoms with Gasteiger partial charge in [0.25, 0.3) is 0 Å². The highest BCUT2D eigenvalue weighted by atomic mass is 32.2. The maximum absolute atomic E-state index is 13.6. The second-order valence-corrected chi connectivity index (χ2v) is 5.65. The fourth-order valence-electron chi connectivity index (χ4n) is 1.43. The average Bonchev–Trinajstić information content (AvgIpc) is 2.23. The molecule has 1 unspecified atom stereocenters. The molecule has 1 rings (SSSR count). The number of benzene rings is 1. The van der Waals surface area contributed by atoms with E-state index in [-0.39, 0.29) is 6.42 Å². The van der Waals surface area contributed by atoms with E-state index in [9.17, 15) is 22.0 Å². The molecule has 0 aliphatic rings. The number of hydrogen-bond acceptors (Lipinski definition) is 4. The van der Waals surface area contributed by atoms with Crippen LogP contribution in [0.4, 0.5) is 14.5 Å². The summed E-state index contributed by atoms with van der Waals surface area (Å²) >= 11 is 0. The van der Waals surface area contributed by atoms with Crippen LogP contribution in [0.5, 0.6) is 0 Å². The van der Waals surface area contributed by atoms with Crippen molar-refractivity contribution >= 4 is 21.6 Å². The van der Waals surface area contributed by atoms with Crippen LogP contribution < -0.4 is 16.2 Å². The molecule has 9 heteroatoms. The molecule has 0 fully saturated rings. The predicted molar refractivity (Wildman–Crippen MR) is 64.4 cm³/mol. The highest BCUT2D eigenvalue weighted by molar-refractivity contribution is 7.89. The SMILES string of the molecule is CC(CC(N)=O)NS(=O)(=O)c1ccc(F)c(N)c1F. The molecule has 1 amide bonds. The van der Waals surface area contributed by atoms with E-state index in [1.807, 2.05) is 4.72 Å². The first kappa shape index (κ1) is 15.3. The summed E-state index contributed by atoms with van der Waals surface area (Å²) < 4.78 is 52.2. The summed E-state index contributed by atoms with van der Waals surface area (Å²) in [5, 5.41) is 0. The number of hydrogen-bond donors (Lipinski definition) is 3. The van der Waals surface area contributed by atoms with Crippen LogP contribution in [-0.2, 0) is 14.8 Å². The summed E-state index contributed by atoms with van der Waals surface area (Å²) in [5.41, 5.74) is 9.10. The van der Waals surface area contributed by atoms with Gasteiger partial charge in [0.15, 0.2) is 5.82 Å². The zero-order valence-electron chi connectivity index (χ0n) is 9.98. The van der Waals surface area contributed by atoms with Crippen LogP contribution in [0.25, 0.3) is 0 Å². The highest BCUT2D eigenvalue weighted by Gasteiger charge is 2.24. The normalized spacial score (nSPS) is 13.2. The Morgan fingerprint density at radius 3 is 2.53 bits per heavy atom. The second-order valence-electron chi connectivity index (χ2n) is 3.97. The molecule has 0 saturated carbocycles. The molecule has 0 saturated heterocycles. The highest BCUT2D eigenvalue weighted by Crippen LogP contribution is 2.22. The Balaban J connectivity index is 3.08. The lowest BCUT2D eigenvalue weighted by atomic mass is 10.2. The number of sulfonamides is 1. The Morgan fingerprint density at radius 1 is 1.42 bits per heavy atom. The molecule has 0 bridgehead atoms. The van der Waals surface area contributed by atoms with Gasteiger partial charge < -0.3 is 11.5 Å². The van der Waals surface area contributed by atoms with Crippen molar-refractivity contribution in [2.45, 2.75) is 24.3 Å². The quantitative estimate of drug-likeness (QED) is 0.667. The maximum Gasteiger partial charge on any atom is 0.243 e. The molecule has 1 aromatic carbocycles. The molecule has 0 spiro atoms. The second kappa shape index (κ2) is 5.49. The van der Waals surface area contributed by atoms with Gasteiger partial charge in [-0.3, -0.25) is 4.79 Å². The van der Waals surface area contributed by atoms with Gasteiger partial charge in [-0.2, -0.15) is 0 Å². The van der Waals surface area contributed by atoms with Crippen LogP contribution in [0.1, 0.15) is 13.3 Å².